The highest BCUT2D eigenvalue weighted by Gasteiger charge is 2.11. The van der Waals surface area contributed by atoms with Crippen molar-refractivity contribution in [2.75, 3.05) is 30.5 Å². The molecule has 0 fully saturated rings. The summed E-state index contributed by atoms with van der Waals surface area (Å²) in [6.07, 6.45) is 0.163. The summed E-state index contributed by atoms with van der Waals surface area (Å²) >= 11 is 1.29. The first-order valence-corrected chi connectivity index (χ1v) is 8.97. The molecule has 136 valence electrons. The molecule has 7 heteroatoms. The number of hydrogen-bond acceptors (Lipinski definition) is 5. The number of rotatable bonds is 6. The zero-order chi connectivity index (χ0) is 18.8. The maximum absolute atomic E-state index is 12.1. The van der Waals surface area contributed by atoms with Crippen LogP contribution in [0, 0.1) is 0 Å². The Morgan fingerprint density at radius 2 is 1.73 bits per heavy atom. The normalized spacial score (nSPS) is 10.9. The fraction of sp³-hybridized carbons (Fsp3) is 0.211. The Balaban J connectivity index is 1.93. The van der Waals surface area contributed by atoms with Gasteiger partial charge >= 0.3 is 5.97 Å². The van der Waals surface area contributed by atoms with E-state index in [1.807, 2.05) is 54.6 Å². The summed E-state index contributed by atoms with van der Waals surface area (Å²) < 4.78 is 4.72. The van der Waals surface area contributed by atoms with Gasteiger partial charge in [-0.3, -0.25) is 14.6 Å². The number of carbonyl (C=O) groups is 2. The lowest BCUT2D eigenvalue weighted by Gasteiger charge is -2.13. The molecule has 1 amide bonds. The minimum absolute atomic E-state index is 0.119. The number of anilines is 2. The lowest BCUT2D eigenvalue weighted by atomic mass is 10.1. The van der Waals surface area contributed by atoms with E-state index in [0.29, 0.717) is 5.17 Å². The minimum Gasteiger partial charge on any atom is -0.469 e. The van der Waals surface area contributed by atoms with Gasteiger partial charge in [-0.05, 0) is 23.8 Å². The van der Waals surface area contributed by atoms with Crippen molar-refractivity contribution < 1.29 is 14.3 Å². The number of amidine groups is 1. The summed E-state index contributed by atoms with van der Waals surface area (Å²) in [5, 5.41) is 6.59. The van der Waals surface area contributed by atoms with Crippen LogP contribution in [0.2, 0.25) is 0 Å². The number of ether oxygens (including phenoxy) is 1. The molecule has 0 aliphatic carbocycles. The van der Waals surface area contributed by atoms with Crippen LogP contribution in [0.15, 0.2) is 59.6 Å². The van der Waals surface area contributed by atoms with Crippen LogP contribution in [0.1, 0.15) is 5.56 Å². The van der Waals surface area contributed by atoms with Crippen molar-refractivity contribution in [1.82, 2.24) is 0 Å². The Bertz CT molecular complexity index is 779. The van der Waals surface area contributed by atoms with Gasteiger partial charge in [0.25, 0.3) is 0 Å². The van der Waals surface area contributed by atoms with Crippen LogP contribution >= 0.6 is 11.8 Å². The van der Waals surface area contributed by atoms with Gasteiger partial charge < -0.3 is 15.4 Å². The van der Waals surface area contributed by atoms with E-state index in [-0.39, 0.29) is 24.1 Å². The fourth-order valence-electron chi connectivity index (χ4n) is 2.15. The molecule has 0 spiro atoms. The SMILES string of the molecule is CN=C(Nc1ccccc1CC(=O)OC)SCC(=O)Nc1ccccc1. The molecular formula is C19H21N3O3S. The van der Waals surface area contributed by atoms with Gasteiger partial charge in [-0.15, -0.1) is 0 Å². The Labute approximate surface area is 157 Å². The predicted octanol–water partition coefficient (Wildman–Crippen LogP) is 3.17. The number of nitrogens with zero attached hydrogens (tertiary/aromatic N) is 1. The average Bonchev–Trinajstić information content (AvgIpc) is 2.67. The maximum atomic E-state index is 12.1. The number of nitrogens with one attached hydrogen (secondary N) is 2. The molecule has 2 aromatic carbocycles. The third kappa shape index (κ3) is 6.25. The van der Waals surface area contributed by atoms with Gasteiger partial charge in [0.05, 0.1) is 19.3 Å². The summed E-state index contributed by atoms with van der Waals surface area (Å²) in [6, 6.07) is 16.7. The molecule has 0 saturated heterocycles. The molecule has 0 atom stereocenters. The summed E-state index contributed by atoms with van der Waals surface area (Å²) in [6.45, 7) is 0. The number of aliphatic imine (C=N–C) groups is 1. The molecule has 0 heterocycles. The van der Waals surface area contributed by atoms with Crippen LogP contribution in [-0.4, -0.2) is 37.0 Å². The van der Waals surface area contributed by atoms with E-state index in [9.17, 15) is 9.59 Å². The topological polar surface area (TPSA) is 79.8 Å². The van der Waals surface area contributed by atoms with Crippen LogP contribution < -0.4 is 10.6 Å². The number of thioether (sulfide) groups is 1. The van der Waals surface area contributed by atoms with Gasteiger partial charge in [0.1, 0.15) is 0 Å². The van der Waals surface area contributed by atoms with Gasteiger partial charge in [-0.2, -0.15) is 0 Å². The highest BCUT2D eigenvalue weighted by Crippen LogP contribution is 2.19. The van der Waals surface area contributed by atoms with Crippen molar-refractivity contribution in [3.05, 3.63) is 60.2 Å². The van der Waals surface area contributed by atoms with Gasteiger partial charge in [0, 0.05) is 18.4 Å². The van der Waals surface area contributed by atoms with Gasteiger partial charge in [-0.25, -0.2) is 0 Å². The molecule has 0 aliphatic heterocycles. The van der Waals surface area contributed by atoms with Crippen LogP contribution in [0.3, 0.4) is 0 Å². The molecule has 2 aromatic rings. The Morgan fingerprint density at radius 1 is 1.04 bits per heavy atom. The number of esters is 1. The number of para-hydroxylation sites is 2. The number of methoxy groups -OCH3 is 1. The molecule has 2 N–H and O–H groups in total. The third-order valence-corrected chi connectivity index (χ3v) is 4.39. The smallest absolute Gasteiger partial charge is 0.310 e. The van der Waals surface area contributed by atoms with E-state index in [1.165, 1.54) is 18.9 Å². The van der Waals surface area contributed by atoms with Crippen molar-refractivity contribution in [3.8, 4) is 0 Å². The standard InChI is InChI=1S/C19H21N3O3S/c1-20-19(26-13-17(23)21-15-9-4-3-5-10-15)22-16-11-7-6-8-14(16)12-18(24)25-2/h3-11H,12-13H2,1-2H3,(H,20,22)(H,21,23). The van der Waals surface area contributed by atoms with Crippen molar-refractivity contribution in [3.63, 3.8) is 0 Å². The number of carbonyl (C=O) groups excluding carboxylic acids is 2. The highest BCUT2D eigenvalue weighted by atomic mass is 32.2. The van der Waals surface area contributed by atoms with Crippen LogP contribution in [0.4, 0.5) is 11.4 Å². The zero-order valence-corrected chi connectivity index (χ0v) is 15.5. The van der Waals surface area contributed by atoms with Gasteiger partial charge in [0.2, 0.25) is 5.91 Å². The molecular weight excluding hydrogens is 350 g/mol. The summed E-state index contributed by atoms with van der Waals surface area (Å²) in [5.74, 6) is -0.218. The lowest BCUT2D eigenvalue weighted by molar-refractivity contribution is -0.139. The van der Waals surface area contributed by atoms with Gasteiger partial charge in [0.15, 0.2) is 5.17 Å². The van der Waals surface area contributed by atoms with E-state index in [4.69, 9.17) is 4.74 Å². The summed E-state index contributed by atoms with van der Waals surface area (Å²) in [4.78, 5) is 27.8. The number of benzene rings is 2. The first kappa shape index (κ1) is 19.5. The largest absolute Gasteiger partial charge is 0.469 e. The molecule has 0 bridgehead atoms. The van der Waals surface area contributed by atoms with E-state index in [0.717, 1.165) is 16.9 Å². The molecule has 0 aromatic heterocycles. The highest BCUT2D eigenvalue weighted by molar-refractivity contribution is 8.14. The van der Waals surface area contributed by atoms with Crippen LogP contribution in [-0.2, 0) is 20.7 Å². The van der Waals surface area contributed by atoms with Crippen LogP contribution in [0.25, 0.3) is 0 Å². The van der Waals surface area contributed by atoms with Crippen molar-refractivity contribution in [2.45, 2.75) is 6.42 Å². The molecule has 0 unspecified atom stereocenters. The van der Waals surface area contributed by atoms with E-state index >= 15 is 0 Å². The average molecular weight is 371 g/mol. The Morgan fingerprint density at radius 3 is 2.42 bits per heavy atom. The first-order valence-electron chi connectivity index (χ1n) is 7.98. The molecule has 0 radical (unpaired) electrons. The Kier molecular flexibility index (Phi) is 7.70. The minimum atomic E-state index is -0.316. The monoisotopic (exact) mass is 371 g/mol. The fourth-order valence-corrected chi connectivity index (χ4v) is 2.80. The second kappa shape index (κ2) is 10.2. The first-order chi connectivity index (χ1) is 12.6. The van der Waals surface area contributed by atoms with Gasteiger partial charge in [-0.1, -0.05) is 48.2 Å². The number of amides is 1. The molecule has 26 heavy (non-hydrogen) atoms. The predicted molar refractivity (Wildman–Crippen MR) is 107 cm³/mol. The zero-order valence-electron chi connectivity index (χ0n) is 14.7. The van der Waals surface area contributed by atoms with E-state index < -0.39 is 0 Å². The number of hydrogen-bond donors (Lipinski definition) is 2. The van der Waals surface area contributed by atoms with Crippen molar-refractivity contribution >= 4 is 40.2 Å². The molecule has 0 aliphatic rings. The maximum Gasteiger partial charge on any atom is 0.310 e. The second-order valence-electron chi connectivity index (χ2n) is 5.27. The summed E-state index contributed by atoms with van der Waals surface area (Å²) in [7, 11) is 3.01. The van der Waals surface area contributed by atoms with E-state index in [2.05, 4.69) is 15.6 Å². The Hall–Kier alpha value is -2.80. The molecule has 2 rings (SSSR count). The second-order valence-corrected chi connectivity index (χ2v) is 6.23. The van der Waals surface area contributed by atoms with Crippen LogP contribution in [0.5, 0.6) is 0 Å². The lowest BCUT2D eigenvalue weighted by Crippen LogP contribution is -2.18. The summed E-state index contributed by atoms with van der Waals surface area (Å²) in [5.41, 5.74) is 2.31. The van der Waals surface area contributed by atoms with Crippen molar-refractivity contribution in [1.29, 1.82) is 0 Å². The molecule has 0 saturated carbocycles. The van der Waals surface area contributed by atoms with E-state index in [1.54, 1.807) is 7.05 Å². The third-order valence-electron chi connectivity index (χ3n) is 3.42. The quantitative estimate of drug-likeness (QED) is 0.463. The van der Waals surface area contributed by atoms with Crippen molar-refractivity contribution in [2.24, 2.45) is 4.99 Å². The molecule has 6 nitrogen and oxygen atoms in total.